The molecular formula is CoN3O9-3. The second kappa shape index (κ2) is 16.6. The summed E-state index contributed by atoms with van der Waals surface area (Å²) in [6.07, 6.45) is 0. The molecule has 0 aromatic heterocycles. The van der Waals surface area contributed by atoms with Crippen LogP contribution in [0.5, 0.6) is 0 Å². The Bertz CT molecular complexity index is 112. The van der Waals surface area contributed by atoms with Crippen LogP contribution >= 0.6 is 0 Å². The van der Waals surface area contributed by atoms with E-state index >= 15 is 0 Å². The van der Waals surface area contributed by atoms with Crippen LogP contribution in [0, 0.1) is 46.0 Å². The molecule has 0 heterocycles. The van der Waals surface area contributed by atoms with Gasteiger partial charge >= 0.3 is 0 Å². The molecule has 12 nitrogen and oxygen atoms in total. The van der Waals surface area contributed by atoms with E-state index < -0.39 is 15.3 Å². The van der Waals surface area contributed by atoms with Crippen molar-refractivity contribution in [2.75, 3.05) is 0 Å². The SMILES string of the molecule is O=[N+]([O-])[O-].O=[N+]([O-])[O-].O=[N+]([O-])[O-].[Co]. The van der Waals surface area contributed by atoms with Crippen LogP contribution in [0.25, 0.3) is 0 Å². The standard InChI is InChI=1S/Co.3NO3/c;3*2-1(3)4/q;3*-1. The van der Waals surface area contributed by atoms with E-state index in [0.29, 0.717) is 0 Å². The van der Waals surface area contributed by atoms with Gasteiger partial charge in [-0.15, -0.1) is 0 Å². The second-order valence-corrected chi connectivity index (χ2v) is 0.671. The summed E-state index contributed by atoms with van der Waals surface area (Å²) < 4.78 is 0. The summed E-state index contributed by atoms with van der Waals surface area (Å²) in [5, 5.41) is 44.2. The predicted octanol–water partition coefficient (Wildman–Crippen LogP) is -0.720. The van der Waals surface area contributed by atoms with Crippen molar-refractivity contribution < 1.29 is 32.0 Å². The molecule has 0 rings (SSSR count). The normalized spacial score (nSPS) is 5.54. The fourth-order valence-electron chi connectivity index (χ4n) is 0. The van der Waals surface area contributed by atoms with E-state index in [-0.39, 0.29) is 16.8 Å². The molecule has 1 radical (unpaired) electrons. The van der Waals surface area contributed by atoms with E-state index in [1.54, 1.807) is 0 Å². The first-order chi connectivity index (χ1) is 5.20. The van der Waals surface area contributed by atoms with Gasteiger partial charge in [-0.25, -0.2) is 0 Å². The molecule has 0 amide bonds. The summed E-state index contributed by atoms with van der Waals surface area (Å²) in [4.78, 5) is 24.8. The Kier molecular flexibility index (Phi) is 28.7. The summed E-state index contributed by atoms with van der Waals surface area (Å²) in [5.74, 6) is 0. The maximum Gasteiger partial charge on any atom is 0.0689 e. The van der Waals surface area contributed by atoms with Crippen molar-refractivity contribution in [3.05, 3.63) is 46.0 Å². The van der Waals surface area contributed by atoms with Gasteiger partial charge in [-0.1, -0.05) is 0 Å². The van der Waals surface area contributed by atoms with E-state index in [2.05, 4.69) is 0 Å². The first-order valence-corrected chi connectivity index (χ1v) is 1.64. The van der Waals surface area contributed by atoms with Crippen LogP contribution in [0.1, 0.15) is 0 Å². The van der Waals surface area contributed by atoms with E-state index in [4.69, 9.17) is 46.0 Å². The molecule has 0 bridgehead atoms. The van der Waals surface area contributed by atoms with Crippen LogP contribution in [-0.4, -0.2) is 15.3 Å². The molecule has 0 aromatic carbocycles. The van der Waals surface area contributed by atoms with Gasteiger partial charge in [-0.05, 0) is 0 Å². The quantitative estimate of drug-likeness (QED) is 0.389. The van der Waals surface area contributed by atoms with Crippen molar-refractivity contribution in [1.29, 1.82) is 0 Å². The summed E-state index contributed by atoms with van der Waals surface area (Å²) in [5.41, 5.74) is 0. The molecule has 0 saturated heterocycles. The number of hydrogen-bond donors (Lipinski definition) is 0. The fraction of sp³-hybridized carbons (Fsp3) is 0. The molecule has 0 atom stereocenters. The molecule has 0 aliphatic rings. The van der Waals surface area contributed by atoms with Gasteiger partial charge < -0.3 is 46.0 Å². The van der Waals surface area contributed by atoms with Crippen LogP contribution in [-0.2, 0) is 16.8 Å². The van der Waals surface area contributed by atoms with E-state index in [9.17, 15) is 0 Å². The fourth-order valence-corrected chi connectivity index (χ4v) is 0. The van der Waals surface area contributed by atoms with Crippen LogP contribution in [0.2, 0.25) is 0 Å². The Morgan fingerprint density at radius 3 is 0.538 bits per heavy atom. The first kappa shape index (κ1) is 22.5. The Morgan fingerprint density at radius 1 is 0.538 bits per heavy atom. The largest absolute Gasteiger partial charge is 0.356 e. The molecular weight excluding hydrogens is 245 g/mol. The Labute approximate surface area is 78.9 Å². The van der Waals surface area contributed by atoms with Crippen molar-refractivity contribution >= 4 is 0 Å². The molecule has 0 aliphatic carbocycles. The van der Waals surface area contributed by atoms with Crippen molar-refractivity contribution in [1.82, 2.24) is 0 Å². The van der Waals surface area contributed by atoms with Gasteiger partial charge in [0.2, 0.25) is 0 Å². The maximum atomic E-state index is 8.25. The van der Waals surface area contributed by atoms with E-state index in [0.717, 1.165) is 0 Å². The molecule has 13 heavy (non-hydrogen) atoms. The molecule has 0 saturated carbocycles. The van der Waals surface area contributed by atoms with E-state index in [1.807, 2.05) is 0 Å². The van der Waals surface area contributed by atoms with Gasteiger partial charge in [0, 0.05) is 16.8 Å². The molecule has 0 unspecified atom stereocenters. The van der Waals surface area contributed by atoms with Gasteiger partial charge in [0.25, 0.3) is 0 Å². The molecule has 13 heteroatoms. The molecule has 0 spiro atoms. The van der Waals surface area contributed by atoms with Crippen LogP contribution in [0.15, 0.2) is 0 Å². The van der Waals surface area contributed by atoms with Gasteiger partial charge in [0.05, 0.1) is 15.3 Å². The first-order valence-electron chi connectivity index (χ1n) is 1.64. The molecule has 0 fully saturated rings. The number of hydrogen-bond acceptors (Lipinski definition) is 9. The summed E-state index contributed by atoms with van der Waals surface area (Å²) >= 11 is 0. The topological polar surface area (TPSA) is 199 Å². The zero-order valence-corrected chi connectivity index (χ0v) is 6.39. The van der Waals surface area contributed by atoms with Crippen molar-refractivity contribution in [3.63, 3.8) is 0 Å². The van der Waals surface area contributed by atoms with Crippen molar-refractivity contribution in [2.24, 2.45) is 0 Å². The Morgan fingerprint density at radius 2 is 0.538 bits per heavy atom. The van der Waals surface area contributed by atoms with Crippen LogP contribution in [0.3, 0.4) is 0 Å². The Balaban J connectivity index is -0.0000000450. The second-order valence-electron chi connectivity index (χ2n) is 0.671. The van der Waals surface area contributed by atoms with Crippen LogP contribution in [0.4, 0.5) is 0 Å². The predicted molar refractivity (Wildman–Crippen MR) is 31.1 cm³/mol. The van der Waals surface area contributed by atoms with Crippen molar-refractivity contribution in [2.45, 2.75) is 0 Å². The minimum Gasteiger partial charge on any atom is -0.356 e. The molecule has 0 aromatic rings. The van der Waals surface area contributed by atoms with Gasteiger partial charge in [-0.3, -0.25) is 0 Å². The molecule has 81 valence electrons. The Hall–Kier alpha value is -1.89. The number of nitrogens with zero attached hydrogens (tertiary/aromatic N) is 3. The zero-order valence-electron chi connectivity index (χ0n) is 5.35. The van der Waals surface area contributed by atoms with Gasteiger partial charge in [0.1, 0.15) is 0 Å². The van der Waals surface area contributed by atoms with E-state index in [1.165, 1.54) is 0 Å². The monoisotopic (exact) mass is 245 g/mol. The van der Waals surface area contributed by atoms with Crippen molar-refractivity contribution in [3.8, 4) is 0 Å². The molecule has 0 N–H and O–H groups in total. The maximum absolute atomic E-state index is 8.25. The minimum atomic E-state index is -1.75. The average molecular weight is 245 g/mol. The summed E-state index contributed by atoms with van der Waals surface area (Å²) in [6.45, 7) is 0. The average Bonchev–Trinajstić information content (AvgIpc) is 1.54. The number of rotatable bonds is 0. The smallest absolute Gasteiger partial charge is 0.0689 e. The van der Waals surface area contributed by atoms with Crippen LogP contribution < -0.4 is 0 Å². The third kappa shape index (κ3) is 185. The summed E-state index contributed by atoms with van der Waals surface area (Å²) in [7, 11) is 0. The minimum absolute atomic E-state index is 0. The third-order valence-electron chi connectivity index (χ3n) is 0. The van der Waals surface area contributed by atoms with Gasteiger partial charge in [0.15, 0.2) is 0 Å². The molecule has 0 aliphatic heterocycles. The summed E-state index contributed by atoms with van der Waals surface area (Å²) in [6, 6.07) is 0. The zero-order chi connectivity index (χ0) is 10.7. The third-order valence-corrected chi connectivity index (χ3v) is 0. The van der Waals surface area contributed by atoms with Gasteiger partial charge in [-0.2, -0.15) is 0 Å².